The minimum atomic E-state index is 0.286. The summed E-state index contributed by atoms with van der Waals surface area (Å²) >= 11 is 3.57. The molecule has 1 heteroatoms. The first-order chi connectivity index (χ1) is 4.13. The van der Waals surface area contributed by atoms with Crippen molar-refractivity contribution in [1.82, 2.24) is 0 Å². The maximum Gasteiger partial charge on any atom is 0.0414 e. The second kappa shape index (κ2) is 2.30. The fourth-order valence-corrected chi connectivity index (χ4v) is 1.13. The van der Waals surface area contributed by atoms with E-state index in [1.807, 2.05) is 0 Å². The molecule has 1 aliphatic rings. The molecule has 1 unspecified atom stereocenters. The lowest BCUT2D eigenvalue weighted by molar-refractivity contribution is 0.503. The van der Waals surface area contributed by atoms with Gasteiger partial charge in [-0.3, -0.25) is 0 Å². The van der Waals surface area contributed by atoms with Crippen LogP contribution in [0.5, 0.6) is 0 Å². The SMILES string of the molecule is CC1(C)C=CC=CC1Br. The molecular weight excluding hydrogens is 176 g/mol. The molecule has 0 heterocycles. The Kier molecular flexibility index (Phi) is 1.80. The number of rotatable bonds is 0. The van der Waals surface area contributed by atoms with Crippen LogP contribution in [0.4, 0.5) is 0 Å². The highest BCUT2D eigenvalue weighted by atomic mass is 79.9. The first-order valence-corrected chi connectivity index (χ1v) is 4.04. The molecule has 0 aliphatic heterocycles. The van der Waals surface area contributed by atoms with E-state index < -0.39 is 0 Å². The van der Waals surface area contributed by atoms with Crippen molar-refractivity contribution >= 4 is 15.9 Å². The fourth-order valence-electron chi connectivity index (χ4n) is 0.805. The second-order valence-electron chi connectivity index (χ2n) is 2.97. The van der Waals surface area contributed by atoms with Crippen molar-refractivity contribution < 1.29 is 0 Å². The second-order valence-corrected chi connectivity index (χ2v) is 3.95. The molecule has 0 bridgehead atoms. The smallest absolute Gasteiger partial charge is 0.0414 e. The van der Waals surface area contributed by atoms with Crippen LogP contribution in [0.15, 0.2) is 24.3 Å². The zero-order valence-corrected chi connectivity index (χ0v) is 7.35. The molecule has 0 aromatic rings. The largest absolute Gasteiger partial charge is 0.0836 e. The lowest BCUT2D eigenvalue weighted by Crippen LogP contribution is -2.20. The highest BCUT2D eigenvalue weighted by molar-refractivity contribution is 9.09. The van der Waals surface area contributed by atoms with E-state index in [0.717, 1.165) is 0 Å². The van der Waals surface area contributed by atoms with E-state index in [1.54, 1.807) is 0 Å². The molecule has 0 aromatic heterocycles. The molecule has 0 nitrogen and oxygen atoms in total. The summed E-state index contributed by atoms with van der Waals surface area (Å²) in [6.07, 6.45) is 8.55. The van der Waals surface area contributed by atoms with Gasteiger partial charge in [0.15, 0.2) is 0 Å². The molecule has 9 heavy (non-hydrogen) atoms. The van der Waals surface area contributed by atoms with Crippen LogP contribution < -0.4 is 0 Å². The Morgan fingerprint density at radius 1 is 1.33 bits per heavy atom. The lowest BCUT2D eigenvalue weighted by Gasteiger charge is -2.26. The van der Waals surface area contributed by atoms with Gasteiger partial charge in [0.25, 0.3) is 0 Å². The van der Waals surface area contributed by atoms with Crippen molar-refractivity contribution in [2.75, 3.05) is 0 Å². The molecular formula is C8H11Br. The van der Waals surface area contributed by atoms with Gasteiger partial charge in [-0.05, 0) is 5.41 Å². The summed E-state index contributed by atoms with van der Waals surface area (Å²) in [4.78, 5) is 0.495. The van der Waals surface area contributed by atoms with Gasteiger partial charge in [-0.25, -0.2) is 0 Å². The van der Waals surface area contributed by atoms with Crippen LogP contribution in [0.2, 0.25) is 0 Å². The molecule has 0 saturated carbocycles. The molecule has 0 N–H and O–H groups in total. The maximum absolute atomic E-state index is 3.57. The number of hydrogen-bond donors (Lipinski definition) is 0. The average molecular weight is 187 g/mol. The Bertz CT molecular complexity index is 154. The molecule has 0 saturated heterocycles. The van der Waals surface area contributed by atoms with Gasteiger partial charge in [-0.15, -0.1) is 0 Å². The Hall–Kier alpha value is -0.0400. The zero-order chi connectivity index (χ0) is 6.91. The lowest BCUT2D eigenvalue weighted by atomic mass is 9.86. The average Bonchev–Trinajstić information content (AvgIpc) is 1.77. The van der Waals surface area contributed by atoms with E-state index in [9.17, 15) is 0 Å². The Balaban J connectivity index is 2.78. The third-order valence-electron chi connectivity index (χ3n) is 1.63. The van der Waals surface area contributed by atoms with Crippen molar-refractivity contribution in [3.63, 3.8) is 0 Å². The number of hydrogen-bond acceptors (Lipinski definition) is 0. The Labute approximate surface area is 64.8 Å². The molecule has 1 rings (SSSR count). The molecule has 0 amide bonds. The summed E-state index contributed by atoms with van der Waals surface area (Å²) in [5.41, 5.74) is 0.286. The summed E-state index contributed by atoms with van der Waals surface area (Å²) < 4.78 is 0. The first-order valence-electron chi connectivity index (χ1n) is 3.13. The molecule has 1 aliphatic carbocycles. The predicted octanol–water partition coefficient (Wildman–Crippen LogP) is 2.90. The van der Waals surface area contributed by atoms with Crippen LogP contribution in [0.3, 0.4) is 0 Å². The Morgan fingerprint density at radius 2 is 2.00 bits per heavy atom. The van der Waals surface area contributed by atoms with Gasteiger partial charge in [0.05, 0.1) is 0 Å². The fraction of sp³-hybridized carbons (Fsp3) is 0.500. The van der Waals surface area contributed by atoms with Crippen molar-refractivity contribution in [3.8, 4) is 0 Å². The van der Waals surface area contributed by atoms with E-state index in [2.05, 4.69) is 54.1 Å². The standard InChI is InChI=1S/C8H11Br/c1-8(2)6-4-3-5-7(8)9/h3-7H,1-2H3. The topological polar surface area (TPSA) is 0 Å². The molecule has 0 radical (unpaired) electrons. The van der Waals surface area contributed by atoms with Gasteiger partial charge < -0.3 is 0 Å². The number of allylic oxidation sites excluding steroid dienone is 4. The minimum Gasteiger partial charge on any atom is -0.0836 e. The van der Waals surface area contributed by atoms with Gasteiger partial charge in [0.2, 0.25) is 0 Å². The summed E-state index contributed by atoms with van der Waals surface area (Å²) in [6.45, 7) is 4.43. The molecule has 0 fully saturated rings. The van der Waals surface area contributed by atoms with Gasteiger partial charge in [-0.1, -0.05) is 54.1 Å². The van der Waals surface area contributed by atoms with Crippen LogP contribution in [-0.2, 0) is 0 Å². The minimum absolute atomic E-state index is 0.286. The quantitative estimate of drug-likeness (QED) is 0.511. The van der Waals surface area contributed by atoms with Crippen LogP contribution in [0.1, 0.15) is 13.8 Å². The van der Waals surface area contributed by atoms with Crippen molar-refractivity contribution in [3.05, 3.63) is 24.3 Å². The van der Waals surface area contributed by atoms with Crippen molar-refractivity contribution in [2.24, 2.45) is 5.41 Å². The summed E-state index contributed by atoms with van der Waals surface area (Å²) in [5, 5.41) is 0. The van der Waals surface area contributed by atoms with E-state index in [1.165, 1.54) is 0 Å². The van der Waals surface area contributed by atoms with Gasteiger partial charge in [-0.2, -0.15) is 0 Å². The van der Waals surface area contributed by atoms with Gasteiger partial charge in [0, 0.05) is 4.83 Å². The van der Waals surface area contributed by atoms with E-state index in [0.29, 0.717) is 4.83 Å². The summed E-state index contributed by atoms with van der Waals surface area (Å²) in [6, 6.07) is 0. The normalized spacial score (nSPS) is 30.8. The summed E-state index contributed by atoms with van der Waals surface area (Å²) in [5.74, 6) is 0. The highest BCUT2D eigenvalue weighted by Gasteiger charge is 2.22. The molecule has 0 aromatic carbocycles. The van der Waals surface area contributed by atoms with Crippen molar-refractivity contribution in [1.29, 1.82) is 0 Å². The number of halogens is 1. The van der Waals surface area contributed by atoms with E-state index >= 15 is 0 Å². The van der Waals surface area contributed by atoms with Crippen LogP contribution in [0, 0.1) is 5.41 Å². The van der Waals surface area contributed by atoms with Crippen LogP contribution in [0.25, 0.3) is 0 Å². The zero-order valence-electron chi connectivity index (χ0n) is 5.76. The third-order valence-corrected chi connectivity index (χ3v) is 3.11. The van der Waals surface area contributed by atoms with Crippen LogP contribution in [-0.4, -0.2) is 4.83 Å². The molecule has 50 valence electrons. The van der Waals surface area contributed by atoms with Gasteiger partial charge >= 0.3 is 0 Å². The number of alkyl halides is 1. The van der Waals surface area contributed by atoms with E-state index in [-0.39, 0.29) is 5.41 Å². The van der Waals surface area contributed by atoms with Crippen molar-refractivity contribution in [2.45, 2.75) is 18.7 Å². The van der Waals surface area contributed by atoms with Crippen LogP contribution >= 0.6 is 15.9 Å². The van der Waals surface area contributed by atoms with Gasteiger partial charge in [0.1, 0.15) is 0 Å². The molecule has 1 atom stereocenters. The maximum atomic E-state index is 3.57. The predicted molar refractivity (Wildman–Crippen MR) is 44.8 cm³/mol. The van der Waals surface area contributed by atoms with E-state index in [4.69, 9.17) is 0 Å². The monoisotopic (exact) mass is 186 g/mol. The highest BCUT2D eigenvalue weighted by Crippen LogP contribution is 2.31. The third kappa shape index (κ3) is 1.45. The summed E-state index contributed by atoms with van der Waals surface area (Å²) in [7, 11) is 0. The molecule has 0 spiro atoms. The first kappa shape index (κ1) is 7.07. The Morgan fingerprint density at radius 3 is 2.33 bits per heavy atom.